The third kappa shape index (κ3) is 3.97. The zero-order valence-corrected chi connectivity index (χ0v) is 13.1. The Bertz CT molecular complexity index is 737. The Kier molecular flexibility index (Phi) is 4.56. The summed E-state index contributed by atoms with van der Waals surface area (Å²) in [5.41, 5.74) is 0.694. The standard InChI is InChI=1S/C15H15ClO4S/c1-10(17)11-3-8-15(14(16)9-11)20-12-4-6-13(7-5-12)21(2,18)19/h3-10,17H,1-2H3. The molecule has 0 aromatic heterocycles. The molecule has 0 radical (unpaired) electrons. The largest absolute Gasteiger partial charge is 0.456 e. The van der Waals surface area contributed by atoms with Crippen molar-refractivity contribution in [2.45, 2.75) is 17.9 Å². The Morgan fingerprint density at radius 3 is 2.24 bits per heavy atom. The van der Waals surface area contributed by atoms with Crippen molar-refractivity contribution in [2.24, 2.45) is 0 Å². The predicted octanol–water partition coefficient (Wildman–Crippen LogP) is 3.59. The summed E-state index contributed by atoms with van der Waals surface area (Å²) in [5, 5.41) is 9.85. The molecular formula is C15H15ClO4S. The highest BCUT2D eigenvalue weighted by atomic mass is 35.5. The monoisotopic (exact) mass is 326 g/mol. The zero-order chi connectivity index (χ0) is 15.6. The van der Waals surface area contributed by atoms with Crippen molar-refractivity contribution in [3.63, 3.8) is 0 Å². The van der Waals surface area contributed by atoms with Crippen LogP contribution in [-0.4, -0.2) is 19.8 Å². The van der Waals surface area contributed by atoms with Crippen molar-refractivity contribution in [1.29, 1.82) is 0 Å². The average Bonchev–Trinajstić information content (AvgIpc) is 2.40. The minimum atomic E-state index is -3.23. The van der Waals surface area contributed by atoms with Crippen molar-refractivity contribution in [2.75, 3.05) is 6.26 Å². The van der Waals surface area contributed by atoms with E-state index in [1.54, 1.807) is 37.3 Å². The predicted molar refractivity (Wildman–Crippen MR) is 81.7 cm³/mol. The Balaban J connectivity index is 2.22. The molecule has 2 aromatic carbocycles. The van der Waals surface area contributed by atoms with Crippen LogP contribution >= 0.6 is 11.6 Å². The molecule has 2 aromatic rings. The van der Waals surface area contributed by atoms with Crippen molar-refractivity contribution in [3.05, 3.63) is 53.1 Å². The van der Waals surface area contributed by atoms with E-state index in [1.165, 1.54) is 12.1 Å². The van der Waals surface area contributed by atoms with Crippen LogP contribution in [0.4, 0.5) is 0 Å². The quantitative estimate of drug-likeness (QED) is 0.932. The normalized spacial score (nSPS) is 13.0. The summed E-state index contributed by atoms with van der Waals surface area (Å²) in [5.74, 6) is 0.919. The van der Waals surface area contributed by atoms with E-state index in [0.29, 0.717) is 22.1 Å². The van der Waals surface area contributed by atoms with Crippen LogP contribution in [0.25, 0.3) is 0 Å². The van der Waals surface area contributed by atoms with Gasteiger partial charge in [-0.15, -0.1) is 0 Å². The Morgan fingerprint density at radius 2 is 1.76 bits per heavy atom. The lowest BCUT2D eigenvalue weighted by Gasteiger charge is -2.11. The van der Waals surface area contributed by atoms with E-state index in [0.717, 1.165) is 6.26 Å². The molecule has 0 bridgehead atoms. The molecule has 0 aliphatic carbocycles. The highest BCUT2D eigenvalue weighted by molar-refractivity contribution is 7.90. The first-order chi connectivity index (χ1) is 9.77. The van der Waals surface area contributed by atoms with Crippen LogP contribution in [-0.2, 0) is 9.84 Å². The number of sulfone groups is 1. The molecule has 0 saturated carbocycles. The molecule has 1 unspecified atom stereocenters. The minimum Gasteiger partial charge on any atom is -0.456 e. The van der Waals surface area contributed by atoms with Gasteiger partial charge in [-0.1, -0.05) is 17.7 Å². The van der Waals surface area contributed by atoms with Gasteiger partial charge in [-0.3, -0.25) is 0 Å². The third-order valence-electron chi connectivity index (χ3n) is 2.92. The van der Waals surface area contributed by atoms with Crippen LogP contribution in [0.2, 0.25) is 5.02 Å². The van der Waals surface area contributed by atoms with Crippen LogP contribution in [0.3, 0.4) is 0 Å². The van der Waals surface area contributed by atoms with Gasteiger partial charge < -0.3 is 9.84 Å². The second-order valence-electron chi connectivity index (χ2n) is 4.71. The van der Waals surface area contributed by atoms with Crippen molar-refractivity contribution >= 4 is 21.4 Å². The van der Waals surface area contributed by atoms with Gasteiger partial charge in [0.1, 0.15) is 11.5 Å². The van der Waals surface area contributed by atoms with Gasteiger partial charge in [0.2, 0.25) is 0 Å². The molecule has 0 spiro atoms. The Hall–Kier alpha value is -1.56. The number of ether oxygens (including phenoxy) is 1. The summed E-state index contributed by atoms with van der Waals surface area (Å²) in [6.07, 6.45) is 0.541. The van der Waals surface area contributed by atoms with Gasteiger partial charge in [0.15, 0.2) is 9.84 Å². The number of aliphatic hydroxyl groups excluding tert-OH is 1. The first-order valence-electron chi connectivity index (χ1n) is 6.23. The first kappa shape index (κ1) is 15.8. The first-order valence-corrected chi connectivity index (χ1v) is 8.50. The lowest BCUT2D eigenvalue weighted by molar-refractivity contribution is 0.199. The highest BCUT2D eigenvalue weighted by Crippen LogP contribution is 2.32. The van der Waals surface area contributed by atoms with E-state index in [9.17, 15) is 13.5 Å². The Morgan fingerprint density at radius 1 is 1.14 bits per heavy atom. The molecule has 112 valence electrons. The molecule has 2 rings (SSSR count). The van der Waals surface area contributed by atoms with E-state index >= 15 is 0 Å². The Labute approximate surface area is 128 Å². The van der Waals surface area contributed by atoms with Crippen LogP contribution in [0.5, 0.6) is 11.5 Å². The van der Waals surface area contributed by atoms with Crippen molar-refractivity contribution < 1.29 is 18.3 Å². The van der Waals surface area contributed by atoms with E-state index in [1.807, 2.05) is 0 Å². The SMILES string of the molecule is CC(O)c1ccc(Oc2ccc(S(C)(=O)=O)cc2)c(Cl)c1. The number of halogens is 1. The van der Waals surface area contributed by atoms with Crippen molar-refractivity contribution in [3.8, 4) is 11.5 Å². The molecule has 21 heavy (non-hydrogen) atoms. The van der Waals surface area contributed by atoms with Crippen LogP contribution < -0.4 is 4.74 Å². The van der Waals surface area contributed by atoms with Crippen LogP contribution in [0.15, 0.2) is 47.4 Å². The molecule has 1 N–H and O–H groups in total. The lowest BCUT2D eigenvalue weighted by atomic mass is 10.1. The maximum absolute atomic E-state index is 11.4. The molecule has 0 heterocycles. The number of hydrogen-bond donors (Lipinski definition) is 1. The highest BCUT2D eigenvalue weighted by Gasteiger charge is 2.09. The van der Waals surface area contributed by atoms with E-state index in [4.69, 9.17) is 16.3 Å². The summed E-state index contributed by atoms with van der Waals surface area (Å²) in [6, 6.07) is 11.1. The van der Waals surface area contributed by atoms with Crippen LogP contribution in [0, 0.1) is 0 Å². The second-order valence-corrected chi connectivity index (χ2v) is 7.13. The molecule has 1 atom stereocenters. The van der Waals surface area contributed by atoms with Gasteiger partial charge in [0, 0.05) is 6.26 Å². The molecule has 0 aliphatic rings. The molecule has 0 saturated heterocycles. The second kappa shape index (κ2) is 6.05. The maximum Gasteiger partial charge on any atom is 0.175 e. The van der Waals surface area contributed by atoms with Gasteiger partial charge >= 0.3 is 0 Å². The number of rotatable bonds is 4. The summed E-state index contributed by atoms with van der Waals surface area (Å²) in [4.78, 5) is 0.227. The fourth-order valence-corrected chi connectivity index (χ4v) is 2.60. The van der Waals surface area contributed by atoms with Gasteiger partial charge in [-0.2, -0.15) is 0 Å². The molecule has 0 amide bonds. The van der Waals surface area contributed by atoms with E-state index in [2.05, 4.69) is 0 Å². The topological polar surface area (TPSA) is 63.6 Å². The number of hydrogen-bond acceptors (Lipinski definition) is 4. The molecule has 4 nitrogen and oxygen atoms in total. The van der Waals surface area contributed by atoms with Crippen LogP contribution in [0.1, 0.15) is 18.6 Å². The fourth-order valence-electron chi connectivity index (χ4n) is 1.74. The fraction of sp³-hybridized carbons (Fsp3) is 0.200. The average molecular weight is 327 g/mol. The van der Waals surface area contributed by atoms with Crippen molar-refractivity contribution in [1.82, 2.24) is 0 Å². The van der Waals surface area contributed by atoms with Gasteiger partial charge in [-0.25, -0.2) is 8.42 Å². The van der Waals surface area contributed by atoms with Gasteiger partial charge in [0.05, 0.1) is 16.0 Å². The number of benzene rings is 2. The summed E-state index contributed by atoms with van der Waals surface area (Å²) < 4.78 is 28.3. The van der Waals surface area contributed by atoms with E-state index < -0.39 is 15.9 Å². The maximum atomic E-state index is 11.4. The summed E-state index contributed by atoms with van der Waals surface area (Å²) in [6.45, 7) is 1.65. The van der Waals surface area contributed by atoms with E-state index in [-0.39, 0.29) is 4.90 Å². The van der Waals surface area contributed by atoms with Gasteiger partial charge in [0.25, 0.3) is 0 Å². The molecule has 0 aliphatic heterocycles. The molecule has 0 fully saturated rings. The summed E-state index contributed by atoms with van der Waals surface area (Å²) >= 11 is 6.10. The smallest absolute Gasteiger partial charge is 0.175 e. The summed E-state index contributed by atoms with van der Waals surface area (Å²) in [7, 11) is -3.23. The lowest BCUT2D eigenvalue weighted by Crippen LogP contribution is -1.96. The number of aliphatic hydroxyl groups is 1. The third-order valence-corrected chi connectivity index (χ3v) is 4.34. The minimum absolute atomic E-state index is 0.227. The zero-order valence-electron chi connectivity index (χ0n) is 11.6. The molecule has 6 heteroatoms. The molecular weight excluding hydrogens is 312 g/mol. The van der Waals surface area contributed by atoms with Gasteiger partial charge in [-0.05, 0) is 48.9 Å².